The Kier molecular flexibility index (Phi) is 21.7. The Morgan fingerprint density at radius 3 is 1.47 bits per heavy atom. The van der Waals surface area contributed by atoms with Crippen LogP contribution in [-0.4, -0.2) is 184 Å². The third kappa shape index (κ3) is 16.9. The van der Waals surface area contributed by atoms with Crippen molar-refractivity contribution in [2.45, 2.75) is 83.2 Å². The number of carbonyl (C=O) groups is 3. The molecule has 2 amide bonds. The molecule has 0 spiro atoms. The number of ether oxygens (including phenoxy) is 1. The van der Waals surface area contributed by atoms with Crippen molar-refractivity contribution in [2.75, 3.05) is 70.5 Å². The smallest absolute Gasteiger partial charge is 0.582 e. The molecule has 8 N–H and O–H groups in total. The van der Waals surface area contributed by atoms with Gasteiger partial charge >= 0.3 is 25.2 Å². The fourth-order valence-corrected chi connectivity index (χ4v) is 26.5. The second-order valence-electron chi connectivity index (χ2n) is 24.7. The summed E-state index contributed by atoms with van der Waals surface area (Å²) in [7, 11) is -24.5. The van der Waals surface area contributed by atoms with Crippen molar-refractivity contribution in [3.05, 3.63) is 130 Å². The summed E-state index contributed by atoms with van der Waals surface area (Å²) in [6, 6.07) is 32.2. The highest BCUT2D eigenvalue weighted by Gasteiger charge is 2.58. The van der Waals surface area contributed by atoms with Crippen LogP contribution in [0.2, 0.25) is 38.3 Å². The van der Waals surface area contributed by atoms with Crippen LogP contribution in [0.5, 0.6) is 0 Å². The Labute approximate surface area is 552 Å². The summed E-state index contributed by atoms with van der Waals surface area (Å²) in [4.78, 5) is 75.4. The maximum atomic E-state index is 13.9. The topological polar surface area (TPSA) is 415 Å². The number of carbonyl (C=O) groups excluding carboxylic acids is 3. The molecule has 0 aliphatic carbocycles. The van der Waals surface area contributed by atoms with E-state index in [0.717, 1.165) is 43.8 Å². The average molecular weight is 1420 g/mol. The maximum Gasteiger partial charge on any atom is 0.582 e. The van der Waals surface area contributed by atoms with Gasteiger partial charge in [0.2, 0.25) is 11.8 Å². The molecule has 6 heterocycles. The molecular formula is C59H76N14O16S3Si3. The first-order chi connectivity index (χ1) is 45.1. The average Bonchev–Trinajstić information content (AvgIpc) is 1.54. The lowest BCUT2D eigenvalue weighted by Gasteiger charge is -2.43. The van der Waals surface area contributed by atoms with Gasteiger partial charge in [-0.05, 0) is 51.1 Å². The van der Waals surface area contributed by atoms with Gasteiger partial charge in [0.15, 0.2) is 40.0 Å². The standard InChI is InChI=1S/C59H76N14O16S3Si3/c1-93(2,37-15-28-62-49(74)27-13-31-73(33-17-35-90(77,78)79,32-14-30-64-92(82,83)84)34-18-36-91(80,81)87-61)88-95(89-94(3,4)38-16-29-63-50(75)39-85-40-51(76)86-60)71-56-45-23-9-10-24-46(45)58(71)69-54-43-21-7-8-22-44(43)55(66-54)70-59-48-26-12-11-25-47(48)57(72(59)95)68-53-42-20-6-5-19-41(42)52(65-53)67-56/h5-12,19-26,64H,13-18,27-40,60-61H2,1-4H3,(H3-,62,63,74,75,77,78,79,82,83,84)/b67-52-,67-56?,68-53?,68-57-,69-54-,69-58?,70-55?,70-59-. The molecule has 6 aromatic rings. The summed E-state index contributed by atoms with van der Waals surface area (Å²) in [5, 5.41) is 8.82. The van der Waals surface area contributed by atoms with Gasteiger partial charge in [0.05, 0.1) is 42.1 Å². The first kappa shape index (κ1) is 70.5. The summed E-state index contributed by atoms with van der Waals surface area (Å²) in [6.07, 6.45) is 1.07. The molecule has 10 rings (SSSR count). The predicted octanol–water partition coefficient (Wildman–Crippen LogP) is 3.19. The quantitative estimate of drug-likeness (QED) is 0.0111. The van der Waals surface area contributed by atoms with Crippen molar-refractivity contribution in [1.82, 2.24) is 23.8 Å². The van der Waals surface area contributed by atoms with Crippen molar-refractivity contribution in [3.8, 4) is 0 Å². The van der Waals surface area contributed by atoms with Gasteiger partial charge in [0.25, 0.3) is 10.1 Å². The lowest BCUT2D eigenvalue weighted by atomic mass is 10.1. The van der Waals surface area contributed by atoms with Crippen LogP contribution >= 0.6 is 0 Å². The molecule has 0 saturated heterocycles. The molecule has 36 heteroatoms. The molecule has 0 radical (unpaired) electrons. The molecule has 4 aromatic carbocycles. The zero-order valence-electron chi connectivity index (χ0n) is 52.9. The zero-order chi connectivity index (χ0) is 68.0. The van der Waals surface area contributed by atoms with Gasteiger partial charge in [0, 0.05) is 101 Å². The Hall–Kier alpha value is -7.25. The molecule has 0 fully saturated rings. The second kappa shape index (κ2) is 29.2. The van der Waals surface area contributed by atoms with Crippen LogP contribution in [0.3, 0.4) is 0 Å². The van der Waals surface area contributed by atoms with E-state index in [1.165, 1.54) is 0 Å². The molecule has 6 bridgehead atoms. The van der Waals surface area contributed by atoms with Crippen molar-refractivity contribution in [1.29, 1.82) is 0 Å². The van der Waals surface area contributed by atoms with E-state index in [4.69, 9.17) is 54.7 Å². The van der Waals surface area contributed by atoms with Crippen LogP contribution in [0.1, 0.15) is 67.2 Å². The highest BCUT2D eigenvalue weighted by atomic mass is 32.2. The number of nitrogens with zero attached hydrogens (tertiary/aromatic N) is 9. The molecule has 2 aromatic heterocycles. The number of aromatic nitrogens is 2. The number of fused-ring (bicyclic) bond motifs is 14. The minimum absolute atomic E-state index is 0.00569. The number of benzene rings is 4. The first-order valence-electron chi connectivity index (χ1n) is 30.9. The molecule has 30 nitrogen and oxygen atoms in total. The maximum absolute atomic E-state index is 13.9. The van der Waals surface area contributed by atoms with E-state index in [1.54, 1.807) is 0 Å². The van der Waals surface area contributed by atoms with E-state index in [2.05, 4.69) is 45.9 Å². The van der Waals surface area contributed by atoms with Gasteiger partial charge in [-0.15, -0.1) is 0 Å². The summed E-state index contributed by atoms with van der Waals surface area (Å²) >= 11 is 0. The van der Waals surface area contributed by atoms with Crippen LogP contribution < -0.4 is 38.1 Å². The minimum Gasteiger partial charge on any atom is -0.748 e. The van der Waals surface area contributed by atoms with E-state index in [-0.39, 0.29) is 88.3 Å². The molecule has 0 saturated carbocycles. The highest BCUT2D eigenvalue weighted by Crippen LogP contribution is 2.45. The van der Waals surface area contributed by atoms with Gasteiger partial charge in [-0.25, -0.2) is 43.2 Å². The normalized spacial score (nSPS) is 18.3. The molecule has 95 heavy (non-hydrogen) atoms. The molecule has 508 valence electrons. The van der Waals surface area contributed by atoms with E-state index < -0.39 is 92.7 Å². The van der Waals surface area contributed by atoms with E-state index in [1.807, 2.05) is 110 Å². The van der Waals surface area contributed by atoms with Crippen LogP contribution in [0.4, 0.5) is 11.6 Å². The lowest BCUT2D eigenvalue weighted by molar-refractivity contribution is -0.928. The third-order valence-corrected chi connectivity index (χ3v) is 30.7. The second-order valence-corrected chi connectivity index (χ2v) is 40.8. The number of nitrogens with two attached hydrogens (primary N) is 2. The number of rotatable bonds is 34. The van der Waals surface area contributed by atoms with Gasteiger partial charge in [-0.3, -0.25) is 22.6 Å². The summed E-state index contributed by atoms with van der Waals surface area (Å²) in [5.41, 5.74) is 3.92. The summed E-state index contributed by atoms with van der Waals surface area (Å²) in [6.45, 7) is 8.21. The molecule has 2 atom stereocenters. The van der Waals surface area contributed by atoms with Gasteiger partial charge < -0.3 is 37.5 Å². The Balaban J connectivity index is 1.04. The fraction of sp³-hybridized carbons (Fsp3) is 0.407. The number of aliphatic imine (C=N–C) groups is 4. The monoisotopic (exact) mass is 1420 g/mol. The lowest BCUT2D eigenvalue weighted by Crippen LogP contribution is -2.70. The Morgan fingerprint density at radius 1 is 0.558 bits per heavy atom. The largest absolute Gasteiger partial charge is 0.748 e. The van der Waals surface area contributed by atoms with E-state index in [9.17, 15) is 48.7 Å². The number of hydrogen-bond donors (Lipinski definition) is 6. The number of amides is 2. The fourth-order valence-electron chi connectivity index (χ4n) is 12.4. The van der Waals surface area contributed by atoms with Crippen molar-refractivity contribution >= 4 is 130 Å². The minimum atomic E-state index is -4.73. The summed E-state index contributed by atoms with van der Waals surface area (Å²) in [5.74, 6) is 9.65. The zero-order valence-corrected chi connectivity index (χ0v) is 58.3. The number of quaternary nitrogens is 1. The van der Waals surface area contributed by atoms with Crippen LogP contribution in [0.15, 0.2) is 127 Å². The van der Waals surface area contributed by atoms with Crippen molar-refractivity contribution in [3.63, 3.8) is 0 Å². The van der Waals surface area contributed by atoms with E-state index in [0.29, 0.717) is 70.9 Å². The third-order valence-electron chi connectivity index (χ3n) is 16.6. The number of nitrogens with one attached hydrogen (secondary N) is 3. The Bertz CT molecular complexity index is 4420. The molecular weight excluding hydrogens is 1340 g/mol. The van der Waals surface area contributed by atoms with Crippen molar-refractivity contribution < 1.29 is 75.3 Å². The summed E-state index contributed by atoms with van der Waals surface area (Å²) < 4.78 is 124. The van der Waals surface area contributed by atoms with Gasteiger partial charge in [-0.1, -0.05) is 97.1 Å². The number of amidine groups is 4. The van der Waals surface area contributed by atoms with Crippen LogP contribution in [-0.2, 0) is 67.0 Å². The van der Waals surface area contributed by atoms with E-state index >= 15 is 0 Å². The molecule has 4 aliphatic rings. The van der Waals surface area contributed by atoms with Gasteiger partial charge in [0.1, 0.15) is 35.8 Å². The first-order valence-corrected chi connectivity index (χ1v) is 43.4. The molecule has 4 aliphatic heterocycles. The highest BCUT2D eigenvalue weighted by molar-refractivity contribution is 7.86. The Morgan fingerprint density at radius 2 is 1.00 bits per heavy atom. The van der Waals surface area contributed by atoms with Crippen LogP contribution in [0, 0.1) is 0 Å². The van der Waals surface area contributed by atoms with Gasteiger partial charge in [-0.2, -0.15) is 37.6 Å². The van der Waals surface area contributed by atoms with Crippen LogP contribution in [0.25, 0.3) is 21.5 Å². The van der Waals surface area contributed by atoms with Crippen molar-refractivity contribution in [2.24, 2.45) is 41.7 Å². The SMILES string of the molecule is C[Si](C)(CCCNC(=O)CCC[N+](CCCNS(=O)(=O)O)(CCCS(=O)(=O)[O-])CCCS(=O)(=O)ON)O[Si]1(O[Si](C)(C)CCCNC(=O)COCC(=O)ON)n2c3c4ccccc4c2/N=C2N=C(/N=c4/c5ccccc5/c(n41)=N/C1=NC(=N\3)/c3ccccc31)c1ccccc1\2. The molecule has 2 unspecified atom stereocenters. The number of hydrogen-bond acceptors (Lipinski definition) is 23. The predicted molar refractivity (Wildman–Crippen MR) is 360 cm³/mol.